The summed E-state index contributed by atoms with van der Waals surface area (Å²) >= 11 is 0. The number of para-hydroxylation sites is 2. The Hall–Kier alpha value is -3.88. The number of nitrogens with zero attached hydrogens (tertiary/aromatic N) is 4. The van der Waals surface area contributed by atoms with Gasteiger partial charge in [-0.05, 0) is 24.3 Å². The van der Waals surface area contributed by atoms with E-state index in [2.05, 4.69) is 20.4 Å². The standard InChI is InChI=1S/C17H15FN8/c18-10-6-2-3-7-11(10)22-16-9-5-1-4-8-12(9)26(25-16)17-23-14(20)13(19)15(21)24-17/h1-8H,19H2,(H,22,25)(H4,20,21,23,24). The Balaban J connectivity index is 1.89. The van der Waals surface area contributed by atoms with E-state index in [1.54, 1.807) is 18.2 Å². The second kappa shape index (κ2) is 5.88. The van der Waals surface area contributed by atoms with Crippen LogP contribution < -0.4 is 22.5 Å². The molecule has 0 spiro atoms. The van der Waals surface area contributed by atoms with Gasteiger partial charge in [-0.15, -0.1) is 5.10 Å². The van der Waals surface area contributed by atoms with Crippen molar-refractivity contribution >= 4 is 39.7 Å². The zero-order chi connectivity index (χ0) is 18.3. The van der Waals surface area contributed by atoms with E-state index in [0.717, 1.165) is 5.39 Å². The van der Waals surface area contributed by atoms with Gasteiger partial charge in [0.25, 0.3) is 5.95 Å². The molecular weight excluding hydrogens is 335 g/mol. The minimum Gasteiger partial charge on any atom is -0.393 e. The molecule has 130 valence electrons. The molecule has 9 heteroatoms. The first kappa shape index (κ1) is 15.6. The molecule has 7 N–H and O–H groups in total. The summed E-state index contributed by atoms with van der Waals surface area (Å²) in [6.45, 7) is 0. The molecule has 4 rings (SSSR count). The Morgan fingerprint density at radius 2 is 1.54 bits per heavy atom. The summed E-state index contributed by atoms with van der Waals surface area (Å²) in [7, 11) is 0. The number of rotatable bonds is 3. The normalized spacial score (nSPS) is 11.0. The van der Waals surface area contributed by atoms with E-state index in [9.17, 15) is 4.39 Å². The van der Waals surface area contributed by atoms with Crippen LogP contribution in [-0.2, 0) is 0 Å². The molecule has 0 unspecified atom stereocenters. The molecule has 0 saturated heterocycles. The van der Waals surface area contributed by atoms with Crippen molar-refractivity contribution in [2.75, 3.05) is 22.5 Å². The van der Waals surface area contributed by atoms with Gasteiger partial charge in [0.05, 0.1) is 11.2 Å². The summed E-state index contributed by atoms with van der Waals surface area (Å²) in [5, 5.41) is 8.22. The van der Waals surface area contributed by atoms with Crippen LogP contribution in [0.5, 0.6) is 0 Å². The van der Waals surface area contributed by atoms with E-state index in [-0.39, 0.29) is 29.1 Å². The highest BCUT2D eigenvalue weighted by Gasteiger charge is 2.16. The van der Waals surface area contributed by atoms with E-state index in [4.69, 9.17) is 17.2 Å². The molecular formula is C17H15FN8. The Morgan fingerprint density at radius 1 is 0.885 bits per heavy atom. The zero-order valence-corrected chi connectivity index (χ0v) is 13.5. The number of hydrogen-bond donors (Lipinski definition) is 4. The Labute approximate surface area is 147 Å². The molecule has 0 fully saturated rings. The largest absolute Gasteiger partial charge is 0.393 e. The molecule has 0 amide bonds. The summed E-state index contributed by atoms with van der Waals surface area (Å²) < 4.78 is 15.5. The Morgan fingerprint density at radius 3 is 2.27 bits per heavy atom. The fourth-order valence-electron chi connectivity index (χ4n) is 2.59. The summed E-state index contributed by atoms with van der Waals surface area (Å²) in [4.78, 5) is 8.30. The van der Waals surface area contributed by atoms with E-state index >= 15 is 0 Å². The fraction of sp³-hybridized carbons (Fsp3) is 0. The first-order chi connectivity index (χ1) is 12.5. The van der Waals surface area contributed by atoms with Crippen molar-refractivity contribution in [3.8, 4) is 5.95 Å². The van der Waals surface area contributed by atoms with Gasteiger partial charge >= 0.3 is 0 Å². The first-order valence-corrected chi connectivity index (χ1v) is 7.72. The molecule has 8 nitrogen and oxygen atoms in total. The topological polar surface area (TPSA) is 134 Å². The van der Waals surface area contributed by atoms with Crippen LogP contribution in [0.25, 0.3) is 16.9 Å². The molecule has 0 aliphatic rings. The van der Waals surface area contributed by atoms with E-state index < -0.39 is 0 Å². The third kappa shape index (κ3) is 2.51. The van der Waals surface area contributed by atoms with Gasteiger partial charge in [-0.1, -0.05) is 24.3 Å². The second-order valence-corrected chi connectivity index (χ2v) is 5.59. The number of nitrogens with one attached hydrogen (secondary N) is 1. The van der Waals surface area contributed by atoms with Crippen LogP contribution in [0.3, 0.4) is 0 Å². The van der Waals surface area contributed by atoms with Crippen LogP contribution in [0.15, 0.2) is 48.5 Å². The number of aromatic nitrogens is 4. The Bertz CT molecular complexity index is 1100. The van der Waals surface area contributed by atoms with Crippen LogP contribution in [0.2, 0.25) is 0 Å². The van der Waals surface area contributed by atoms with Crippen molar-refractivity contribution in [2.24, 2.45) is 0 Å². The highest BCUT2D eigenvalue weighted by atomic mass is 19.1. The van der Waals surface area contributed by atoms with E-state index in [1.165, 1.54) is 10.7 Å². The lowest BCUT2D eigenvalue weighted by molar-refractivity contribution is 0.632. The number of hydrogen-bond acceptors (Lipinski definition) is 7. The van der Waals surface area contributed by atoms with Gasteiger partial charge in [-0.3, -0.25) is 0 Å². The SMILES string of the molecule is Nc1nc(-n2nc(Nc3ccccc3F)c3ccccc32)nc(N)c1N. The molecule has 26 heavy (non-hydrogen) atoms. The first-order valence-electron chi connectivity index (χ1n) is 7.72. The molecule has 2 aromatic heterocycles. The van der Waals surface area contributed by atoms with Crippen molar-refractivity contribution < 1.29 is 4.39 Å². The maximum atomic E-state index is 14.0. The number of halogens is 1. The minimum absolute atomic E-state index is 0.0655. The van der Waals surface area contributed by atoms with Crippen molar-refractivity contribution in [2.45, 2.75) is 0 Å². The lowest BCUT2D eigenvalue weighted by atomic mass is 10.2. The number of nitrogens with two attached hydrogens (primary N) is 3. The lowest BCUT2D eigenvalue weighted by Gasteiger charge is -2.07. The van der Waals surface area contributed by atoms with Gasteiger partial charge in [-0.25, -0.2) is 4.39 Å². The van der Waals surface area contributed by atoms with Crippen molar-refractivity contribution in [3.63, 3.8) is 0 Å². The highest BCUT2D eigenvalue weighted by Crippen LogP contribution is 2.29. The van der Waals surface area contributed by atoms with Crippen molar-refractivity contribution in [1.29, 1.82) is 0 Å². The van der Waals surface area contributed by atoms with Crippen molar-refractivity contribution in [3.05, 3.63) is 54.3 Å². The lowest BCUT2D eigenvalue weighted by Crippen LogP contribution is -2.11. The zero-order valence-electron chi connectivity index (χ0n) is 13.5. The van der Waals surface area contributed by atoms with E-state index in [0.29, 0.717) is 17.0 Å². The maximum absolute atomic E-state index is 14.0. The fourth-order valence-corrected chi connectivity index (χ4v) is 2.59. The predicted octanol–water partition coefficient (Wildman–Crippen LogP) is 2.44. The van der Waals surface area contributed by atoms with Gasteiger partial charge in [0.1, 0.15) is 11.5 Å². The van der Waals surface area contributed by atoms with Gasteiger partial charge in [0.2, 0.25) is 0 Å². The molecule has 2 heterocycles. The van der Waals surface area contributed by atoms with Crippen LogP contribution in [0.1, 0.15) is 0 Å². The summed E-state index contributed by atoms with van der Waals surface area (Å²) in [5.74, 6) is 0.366. The molecule has 4 aromatic rings. The molecule has 2 aromatic carbocycles. The van der Waals surface area contributed by atoms with E-state index in [1.807, 2.05) is 24.3 Å². The monoisotopic (exact) mass is 350 g/mol. The summed E-state index contributed by atoms with van der Waals surface area (Å²) in [5.41, 5.74) is 18.4. The molecule has 0 atom stereocenters. The number of fused-ring (bicyclic) bond motifs is 1. The predicted molar refractivity (Wildman–Crippen MR) is 99.6 cm³/mol. The average molecular weight is 350 g/mol. The van der Waals surface area contributed by atoms with Gasteiger partial charge in [-0.2, -0.15) is 14.6 Å². The number of benzene rings is 2. The molecule has 0 saturated carbocycles. The third-order valence-corrected chi connectivity index (χ3v) is 3.90. The average Bonchev–Trinajstić information content (AvgIpc) is 3.00. The highest BCUT2D eigenvalue weighted by molar-refractivity contribution is 5.92. The van der Waals surface area contributed by atoms with Crippen LogP contribution in [0, 0.1) is 5.82 Å². The molecule has 0 aliphatic heterocycles. The molecule has 0 radical (unpaired) electrons. The second-order valence-electron chi connectivity index (χ2n) is 5.59. The van der Waals surface area contributed by atoms with Gasteiger partial charge in [0, 0.05) is 5.39 Å². The third-order valence-electron chi connectivity index (χ3n) is 3.90. The van der Waals surface area contributed by atoms with Crippen LogP contribution in [0.4, 0.5) is 33.2 Å². The van der Waals surface area contributed by atoms with Gasteiger partial charge in [0.15, 0.2) is 17.5 Å². The molecule has 0 bridgehead atoms. The quantitative estimate of drug-likeness (QED) is 0.446. The van der Waals surface area contributed by atoms with Crippen LogP contribution in [-0.4, -0.2) is 19.7 Å². The smallest absolute Gasteiger partial charge is 0.255 e. The summed E-state index contributed by atoms with van der Waals surface area (Å²) in [6, 6.07) is 13.7. The minimum atomic E-state index is -0.386. The number of anilines is 5. The number of nitrogen functional groups attached to an aromatic ring is 3. The van der Waals surface area contributed by atoms with Gasteiger partial charge < -0.3 is 22.5 Å². The summed E-state index contributed by atoms with van der Waals surface area (Å²) in [6.07, 6.45) is 0. The van der Waals surface area contributed by atoms with Crippen molar-refractivity contribution in [1.82, 2.24) is 19.7 Å². The van der Waals surface area contributed by atoms with Crippen LogP contribution >= 0.6 is 0 Å². The maximum Gasteiger partial charge on any atom is 0.255 e. The molecule has 0 aliphatic carbocycles. The Kier molecular flexibility index (Phi) is 3.54.